The Morgan fingerprint density at radius 3 is 2.80 bits per heavy atom. The van der Waals surface area contributed by atoms with Crippen LogP contribution in [0, 0.1) is 0 Å². The Morgan fingerprint density at radius 1 is 1.30 bits per heavy atom. The van der Waals surface area contributed by atoms with Gasteiger partial charge in [-0.2, -0.15) is 5.10 Å². The highest BCUT2D eigenvalue weighted by Gasteiger charge is 2.21. The number of rotatable bonds is 4. The van der Waals surface area contributed by atoms with Crippen molar-refractivity contribution < 1.29 is 13.6 Å². The van der Waals surface area contributed by atoms with Gasteiger partial charge in [0.2, 0.25) is 5.91 Å². The molecular weight excluding hydrogens is 418 g/mol. The molecule has 12 heteroatoms. The zero-order valence-corrected chi connectivity index (χ0v) is 16.7. The van der Waals surface area contributed by atoms with E-state index in [2.05, 4.69) is 20.5 Å². The van der Waals surface area contributed by atoms with Crippen LogP contribution < -0.4 is 16.6 Å². The Kier molecular flexibility index (Phi) is 4.94. The molecule has 2 N–H and O–H groups in total. The lowest BCUT2D eigenvalue weighted by atomic mass is 9.97. The highest BCUT2D eigenvalue weighted by molar-refractivity contribution is 7.13. The number of aryl methyl sites for hydroxylation is 1. The summed E-state index contributed by atoms with van der Waals surface area (Å²) in [5.74, 6) is -2.68. The molecule has 156 valence electrons. The standard InChI is InChI=1S/C18H16F2N6O3S/c1-25-15-14(16(28)26(2)18(25)29)11(23-24-15)6-13(27)22-17-21-12(7-30-17)8-3-4-9(19)10(20)5-8/h4-5,7-8H,3,6H2,1-2H3,(H,23,24)(H,21,22,27). The fourth-order valence-corrected chi connectivity index (χ4v) is 4.02. The number of hydrogen-bond acceptors (Lipinski definition) is 6. The van der Waals surface area contributed by atoms with E-state index < -0.39 is 34.7 Å². The molecule has 0 aliphatic heterocycles. The van der Waals surface area contributed by atoms with Crippen molar-refractivity contribution >= 4 is 33.4 Å². The van der Waals surface area contributed by atoms with Crippen molar-refractivity contribution in [2.45, 2.75) is 18.8 Å². The summed E-state index contributed by atoms with van der Waals surface area (Å²) in [6.07, 6.45) is 2.38. The van der Waals surface area contributed by atoms with E-state index in [-0.39, 0.29) is 29.6 Å². The van der Waals surface area contributed by atoms with Crippen molar-refractivity contribution in [1.82, 2.24) is 24.3 Å². The van der Waals surface area contributed by atoms with E-state index in [4.69, 9.17) is 0 Å². The van der Waals surface area contributed by atoms with Gasteiger partial charge in [-0.1, -0.05) is 0 Å². The van der Waals surface area contributed by atoms with E-state index in [0.29, 0.717) is 10.8 Å². The van der Waals surface area contributed by atoms with Gasteiger partial charge in [0.05, 0.1) is 17.8 Å². The second-order valence-electron chi connectivity index (χ2n) is 6.81. The summed E-state index contributed by atoms with van der Waals surface area (Å²) < 4.78 is 28.8. The number of halogens is 2. The molecule has 0 radical (unpaired) electrons. The molecule has 0 saturated heterocycles. The molecule has 0 spiro atoms. The van der Waals surface area contributed by atoms with E-state index in [1.807, 2.05) is 0 Å². The van der Waals surface area contributed by atoms with Crippen LogP contribution in [0.25, 0.3) is 11.0 Å². The molecule has 30 heavy (non-hydrogen) atoms. The second kappa shape index (κ2) is 7.44. The molecular formula is C18H16F2N6O3S. The first kappa shape index (κ1) is 19.9. The van der Waals surface area contributed by atoms with Crippen LogP contribution in [0.4, 0.5) is 13.9 Å². The maximum Gasteiger partial charge on any atom is 0.332 e. The van der Waals surface area contributed by atoms with E-state index in [9.17, 15) is 23.2 Å². The molecule has 1 aliphatic carbocycles. The zero-order valence-electron chi connectivity index (χ0n) is 15.9. The Balaban J connectivity index is 1.52. The quantitative estimate of drug-likeness (QED) is 0.650. The average Bonchev–Trinajstić information content (AvgIpc) is 3.34. The van der Waals surface area contributed by atoms with Crippen molar-refractivity contribution in [1.29, 1.82) is 0 Å². The lowest BCUT2D eigenvalue weighted by Crippen LogP contribution is -2.37. The number of carbonyl (C=O) groups excluding carboxylic acids is 1. The van der Waals surface area contributed by atoms with Gasteiger partial charge in [-0.15, -0.1) is 11.3 Å². The summed E-state index contributed by atoms with van der Waals surface area (Å²) in [7, 11) is 2.84. The highest BCUT2D eigenvalue weighted by atomic mass is 32.1. The van der Waals surface area contributed by atoms with Crippen LogP contribution in [0.5, 0.6) is 0 Å². The summed E-state index contributed by atoms with van der Waals surface area (Å²) in [5, 5.41) is 11.4. The van der Waals surface area contributed by atoms with E-state index in [1.54, 1.807) is 5.38 Å². The topological polar surface area (TPSA) is 115 Å². The monoisotopic (exact) mass is 434 g/mol. The van der Waals surface area contributed by atoms with Gasteiger partial charge in [-0.25, -0.2) is 18.6 Å². The molecule has 3 aromatic rings. The molecule has 0 bridgehead atoms. The first-order valence-electron chi connectivity index (χ1n) is 8.88. The lowest BCUT2D eigenvalue weighted by Gasteiger charge is -2.12. The van der Waals surface area contributed by atoms with Gasteiger partial charge in [0.15, 0.2) is 16.8 Å². The number of fused-ring (bicyclic) bond motifs is 1. The maximum atomic E-state index is 13.4. The summed E-state index contributed by atoms with van der Waals surface area (Å²) in [4.78, 5) is 41.1. The second-order valence-corrected chi connectivity index (χ2v) is 7.67. The number of aromatic amines is 1. The van der Waals surface area contributed by atoms with Gasteiger partial charge in [0, 0.05) is 25.4 Å². The third-order valence-electron chi connectivity index (χ3n) is 4.85. The van der Waals surface area contributed by atoms with Gasteiger partial charge in [-0.05, 0) is 18.6 Å². The molecule has 0 aromatic carbocycles. The Labute approximate surface area is 171 Å². The van der Waals surface area contributed by atoms with Gasteiger partial charge in [-0.3, -0.25) is 23.8 Å². The highest BCUT2D eigenvalue weighted by Crippen LogP contribution is 2.33. The van der Waals surface area contributed by atoms with Crippen molar-refractivity contribution in [3.05, 3.63) is 61.4 Å². The fraction of sp³-hybridized carbons (Fsp3) is 0.278. The number of aromatic nitrogens is 5. The van der Waals surface area contributed by atoms with Crippen LogP contribution in [-0.4, -0.2) is 30.2 Å². The molecule has 1 aliphatic rings. The van der Waals surface area contributed by atoms with Crippen molar-refractivity contribution in [3.8, 4) is 0 Å². The summed E-state index contributed by atoms with van der Waals surface area (Å²) in [6.45, 7) is 0. The lowest BCUT2D eigenvalue weighted by molar-refractivity contribution is -0.115. The van der Waals surface area contributed by atoms with E-state index in [1.165, 1.54) is 18.7 Å². The molecule has 9 nitrogen and oxygen atoms in total. The minimum Gasteiger partial charge on any atom is -0.302 e. The SMILES string of the molecule is Cn1c(=O)c2c(CC(=O)Nc3nc(C4C=C(F)C(F)=CC4)cs3)n[nH]c2n(C)c1=O. The molecule has 0 fully saturated rings. The van der Waals surface area contributed by atoms with E-state index in [0.717, 1.165) is 28.1 Å². The number of H-pyrrole nitrogens is 1. The minimum atomic E-state index is -0.925. The number of hydrogen-bond donors (Lipinski definition) is 2. The van der Waals surface area contributed by atoms with Gasteiger partial charge in [0.25, 0.3) is 5.56 Å². The molecule has 4 rings (SSSR count). The Bertz CT molecular complexity index is 1350. The van der Waals surface area contributed by atoms with E-state index >= 15 is 0 Å². The van der Waals surface area contributed by atoms with Crippen molar-refractivity contribution in [3.63, 3.8) is 0 Å². The van der Waals surface area contributed by atoms with Crippen LogP contribution >= 0.6 is 11.3 Å². The zero-order chi connectivity index (χ0) is 21.6. The summed E-state index contributed by atoms with van der Waals surface area (Å²) in [6, 6.07) is 0. The number of nitrogens with one attached hydrogen (secondary N) is 2. The van der Waals surface area contributed by atoms with Gasteiger partial charge < -0.3 is 5.32 Å². The molecule has 3 aromatic heterocycles. The smallest absolute Gasteiger partial charge is 0.302 e. The summed E-state index contributed by atoms with van der Waals surface area (Å²) >= 11 is 1.15. The molecule has 1 atom stereocenters. The number of anilines is 1. The van der Waals surface area contributed by atoms with Crippen LogP contribution in [0.15, 0.2) is 38.8 Å². The number of thiazole rings is 1. The first-order valence-corrected chi connectivity index (χ1v) is 9.75. The summed E-state index contributed by atoms with van der Waals surface area (Å²) in [5.41, 5.74) is -0.108. The van der Waals surface area contributed by atoms with Gasteiger partial charge in [0.1, 0.15) is 11.0 Å². The van der Waals surface area contributed by atoms with Crippen molar-refractivity contribution in [2.24, 2.45) is 14.1 Å². The van der Waals surface area contributed by atoms with Crippen LogP contribution in [-0.2, 0) is 25.3 Å². The number of nitrogens with zero attached hydrogens (tertiary/aromatic N) is 4. The van der Waals surface area contributed by atoms with Gasteiger partial charge >= 0.3 is 5.69 Å². The molecule has 1 amide bonds. The van der Waals surface area contributed by atoms with Crippen LogP contribution in [0.1, 0.15) is 23.7 Å². The van der Waals surface area contributed by atoms with Crippen molar-refractivity contribution in [2.75, 3.05) is 5.32 Å². The van der Waals surface area contributed by atoms with Crippen LogP contribution in [0.3, 0.4) is 0 Å². The normalized spacial score (nSPS) is 16.5. The largest absolute Gasteiger partial charge is 0.332 e. The minimum absolute atomic E-state index is 0.159. The third-order valence-corrected chi connectivity index (χ3v) is 5.63. The molecule has 1 unspecified atom stereocenters. The number of carbonyl (C=O) groups is 1. The predicted molar refractivity (Wildman–Crippen MR) is 107 cm³/mol. The first-order chi connectivity index (χ1) is 14.3. The molecule has 3 heterocycles. The third kappa shape index (κ3) is 3.38. The average molecular weight is 434 g/mol. The fourth-order valence-electron chi connectivity index (χ4n) is 3.23. The molecule has 0 saturated carbocycles. The predicted octanol–water partition coefficient (Wildman–Crippen LogP) is 1.79. The maximum absolute atomic E-state index is 13.4. The Morgan fingerprint density at radius 2 is 2.07 bits per heavy atom. The number of amides is 1. The Hall–Kier alpha value is -3.41. The number of allylic oxidation sites excluding steroid dienone is 4. The van der Waals surface area contributed by atoms with Crippen LogP contribution in [0.2, 0.25) is 0 Å².